The van der Waals surface area contributed by atoms with Gasteiger partial charge in [-0.15, -0.1) is 0 Å². The van der Waals surface area contributed by atoms with E-state index in [9.17, 15) is 4.79 Å². The number of aryl methyl sites for hydroxylation is 1. The van der Waals surface area contributed by atoms with Gasteiger partial charge in [-0.25, -0.2) is 0 Å². The Bertz CT molecular complexity index is 510. The van der Waals surface area contributed by atoms with E-state index in [1.807, 2.05) is 30.0 Å². The van der Waals surface area contributed by atoms with Crippen LogP contribution in [0.25, 0.3) is 0 Å². The number of thiocarbonyl (C=S) groups is 1. The van der Waals surface area contributed by atoms with Gasteiger partial charge in [0.05, 0.1) is 4.99 Å². The summed E-state index contributed by atoms with van der Waals surface area (Å²) in [5.41, 5.74) is 7.48. The van der Waals surface area contributed by atoms with Gasteiger partial charge in [0.25, 0.3) is 5.91 Å². The van der Waals surface area contributed by atoms with Crippen LogP contribution in [0.4, 0.5) is 0 Å². The average molecular weight is 341 g/mol. The van der Waals surface area contributed by atoms with Gasteiger partial charge in [0.2, 0.25) is 0 Å². The van der Waals surface area contributed by atoms with Crippen molar-refractivity contribution in [3.8, 4) is 0 Å². The van der Waals surface area contributed by atoms with Crippen LogP contribution in [0.5, 0.6) is 0 Å². The van der Waals surface area contributed by atoms with Crippen molar-refractivity contribution >= 4 is 39.0 Å². The molecule has 0 bridgehead atoms. The second-order valence-corrected chi connectivity index (χ2v) is 6.26. The molecular formula is C14H17BrN2OS. The topological polar surface area (TPSA) is 46.3 Å². The molecule has 1 aromatic rings. The molecule has 0 unspecified atom stereocenters. The smallest absolute Gasteiger partial charge is 0.253 e. The molecule has 1 saturated heterocycles. The summed E-state index contributed by atoms with van der Waals surface area (Å²) in [5, 5.41) is 0. The molecule has 2 rings (SSSR count). The Morgan fingerprint density at radius 3 is 2.58 bits per heavy atom. The normalized spacial score (nSPS) is 16.4. The van der Waals surface area contributed by atoms with Crippen molar-refractivity contribution in [1.82, 2.24) is 4.90 Å². The van der Waals surface area contributed by atoms with Gasteiger partial charge in [-0.2, -0.15) is 0 Å². The highest BCUT2D eigenvalue weighted by molar-refractivity contribution is 9.10. The Labute approximate surface area is 127 Å². The molecule has 3 nitrogen and oxygen atoms in total. The average Bonchev–Trinajstić information content (AvgIpc) is 2.41. The summed E-state index contributed by atoms with van der Waals surface area (Å²) < 4.78 is 1.02. The third kappa shape index (κ3) is 3.34. The van der Waals surface area contributed by atoms with Gasteiger partial charge in [-0.1, -0.05) is 28.1 Å². The number of rotatable bonds is 2. The third-order valence-electron chi connectivity index (χ3n) is 3.59. The summed E-state index contributed by atoms with van der Waals surface area (Å²) in [4.78, 5) is 14.8. The van der Waals surface area contributed by atoms with Gasteiger partial charge in [0.15, 0.2) is 0 Å². The summed E-state index contributed by atoms with van der Waals surface area (Å²) in [6, 6.07) is 5.70. The highest BCUT2D eigenvalue weighted by atomic mass is 79.9. The zero-order valence-corrected chi connectivity index (χ0v) is 13.3. The zero-order valence-electron chi connectivity index (χ0n) is 10.9. The number of carbonyl (C=O) groups is 1. The Kier molecular flexibility index (Phi) is 4.58. The number of carbonyl (C=O) groups excluding carboxylic acids is 1. The molecular weight excluding hydrogens is 324 g/mol. The van der Waals surface area contributed by atoms with Crippen molar-refractivity contribution in [2.45, 2.75) is 19.8 Å². The fourth-order valence-corrected chi connectivity index (χ4v) is 2.81. The van der Waals surface area contributed by atoms with Gasteiger partial charge in [-0.05, 0) is 43.5 Å². The first-order chi connectivity index (χ1) is 8.99. The van der Waals surface area contributed by atoms with Crippen molar-refractivity contribution < 1.29 is 4.79 Å². The van der Waals surface area contributed by atoms with Crippen molar-refractivity contribution in [1.29, 1.82) is 0 Å². The van der Waals surface area contributed by atoms with Crippen LogP contribution in [0.3, 0.4) is 0 Å². The predicted molar refractivity (Wildman–Crippen MR) is 84.3 cm³/mol. The minimum absolute atomic E-state index is 0.0944. The van der Waals surface area contributed by atoms with Crippen LogP contribution in [-0.4, -0.2) is 28.9 Å². The summed E-state index contributed by atoms with van der Waals surface area (Å²) in [6.45, 7) is 3.45. The van der Waals surface area contributed by atoms with E-state index in [4.69, 9.17) is 18.0 Å². The largest absolute Gasteiger partial charge is 0.393 e. The minimum Gasteiger partial charge on any atom is -0.393 e. The lowest BCUT2D eigenvalue weighted by Gasteiger charge is -2.31. The standard InChI is InChI=1S/C14H17BrN2OS/c1-9-8-11(2-3-12(9)15)14(18)17-6-4-10(5-7-17)13(16)19/h2-3,8,10H,4-7H2,1H3,(H2,16,19). The highest BCUT2D eigenvalue weighted by Crippen LogP contribution is 2.22. The van der Waals surface area contributed by atoms with Gasteiger partial charge in [0.1, 0.15) is 0 Å². The second-order valence-electron chi connectivity index (χ2n) is 4.93. The molecule has 1 aliphatic heterocycles. The number of hydrogen-bond donors (Lipinski definition) is 1. The zero-order chi connectivity index (χ0) is 14.0. The fourth-order valence-electron chi connectivity index (χ4n) is 2.33. The first-order valence-corrected chi connectivity index (χ1v) is 7.54. The molecule has 5 heteroatoms. The van der Waals surface area contributed by atoms with Gasteiger partial charge >= 0.3 is 0 Å². The van der Waals surface area contributed by atoms with Crippen LogP contribution in [-0.2, 0) is 0 Å². The van der Waals surface area contributed by atoms with E-state index < -0.39 is 0 Å². The van der Waals surface area contributed by atoms with Gasteiger partial charge < -0.3 is 10.6 Å². The molecule has 1 heterocycles. The van der Waals surface area contributed by atoms with Crippen LogP contribution in [0.15, 0.2) is 22.7 Å². The maximum Gasteiger partial charge on any atom is 0.253 e. The van der Waals surface area contributed by atoms with Gasteiger partial charge in [-0.3, -0.25) is 4.79 Å². The number of nitrogens with zero attached hydrogens (tertiary/aromatic N) is 1. The van der Waals surface area contributed by atoms with Crippen molar-refractivity contribution in [2.75, 3.05) is 13.1 Å². The van der Waals surface area contributed by atoms with E-state index in [1.54, 1.807) is 0 Å². The second kappa shape index (κ2) is 6.01. The Morgan fingerprint density at radius 1 is 1.42 bits per heavy atom. The molecule has 0 saturated carbocycles. The van der Waals surface area contributed by atoms with E-state index in [0.29, 0.717) is 4.99 Å². The van der Waals surface area contributed by atoms with Crippen LogP contribution in [0.1, 0.15) is 28.8 Å². The monoisotopic (exact) mass is 340 g/mol. The molecule has 1 amide bonds. The summed E-state index contributed by atoms with van der Waals surface area (Å²) in [5.74, 6) is 0.377. The van der Waals surface area contributed by atoms with E-state index in [2.05, 4.69) is 15.9 Å². The van der Waals surface area contributed by atoms with Crippen LogP contribution < -0.4 is 5.73 Å². The van der Waals surface area contributed by atoms with E-state index in [1.165, 1.54) is 0 Å². The molecule has 19 heavy (non-hydrogen) atoms. The SMILES string of the molecule is Cc1cc(C(=O)N2CCC(C(N)=S)CC2)ccc1Br. The number of halogens is 1. The van der Waals surface area contributed by atoms with Crippen LogP contribution >= 0.6 is 28.1 Å². The minimum atomic E-state index is 0.0944. The molecule has 1 aromatic carbocycles. The number of likely N-dealkylation sites (tertiary alicyclic amines) is 1. The quantitative estimate of drug-likeness (QED) is 0.842. The van der Waals surface area contributed by atoms with Crippen molar-refractivity contribution in [3.63, 3.8) is 0 Å². The first kappa shape index (κ1) is 14.5. The predicted octanol–water partition coefficient (Wildman–Crippen LogP) is 2.90. The molecule has 1 fully saturated rings. The molecule has 102 valence electrons. The fraction of sp³-hybridized carbons (Fsp3) is 0.429. The molecule has 2 N–H and O–H groups in total. The molecule has 0 atom stereocenters. The third-order valence-corrected chi connectivity index (χ3v) is 4.81. The van der Waals surface area contributed by atoms with E-state index >= 15 is 0 Å². The van der Waals surface area contributed by atoms with E-state index in [-0.39, 0.29) is 11.8 Å². The van der Waals surface area contributed by atoms with Crippen LogP contribution in [0, 0.1) is 12.8 Å². The maximum absolute atomic E-state index is 12.4. The molecule has 1 aliphatic rings. The Hall–Kier alpha value is -0.940. The number of amides is 1. The summed E-state index contributed by atoms with van der Waals surface area (Å²) in [6.07, 6.45) is 1.74. The lowest BCUT2D eigenvalue weighted by Crippen LogP contribution is -2.41. The van der Waals surface area contributed by atoms with Crippen molar-refractivity contribution in [3.05, 3.63) is 33.8 Å². The first-order valence-electron chi connectivity index (χ1n) is 6.34. The van der Waals surface area contributed by atoms with Gasteiger partial charge in [0, 0.05) is 29.0 Å². The highest BCUT2D eigenvalue weighted by Gasteiger charge is 2.24. The summed E-state index contributed by atoms with van der Waals surface area (Å²) >= 11 is 8.46. The molecule has 0 aliphatic carbocycles. The van der Waals surface area contributed by atoms with Crippen molar-refractivity contribution in [2.24, 2.45) is 11.7 Å². The molecule has 0 spiro atoms. The number of hydrogen-bond acceptors (Lipinski definition) is 2. The summed E-state index contributed by atoms with van der Waals surface area (Å²) in [7, 11) is 0. The maximum atomic E-state index is 12.4. The lowest BCUT2D eigenvalue weighted by molar-refractivity contribution is 0.0710. The Balaban J connectivity index is 2.05. The number of nitrogens with two attached hydrogens (primary N) is 1. The van der Waals surface area contributed by atoms with E-state index in [0.717, 1.165) is 41.5 Å². The van der Waals surface area contributed by atoms with Crippen LogP contribution in [0.2, 0.25) is 0 Å². The Morgan fingerprint density at radius 2 is 2.05 bits per heavy atom. The number of piperidine rings is 1. The number of benzene rings is 1. The molecule has 0 radical (unpaired) electrons. The molecule has 0 aromatic heterocycles. The lowest BCUT2D eigenvalue weighted by atomic mass is 9.96.